The summed E-state index contributed by atoms with van der Waals surface area (Å²) < 4.78 is 17.2. The summed E-state index contributed by atoms with van der Waals surface area (Å²) in [7, 11) is 0. The summed E-state index contributed by atoms with van der Waals surface area (Å²) in [5.74, 6) is 1.66. The van der Waals surface area contributed by atoms with Gasteiger partial charge in [-0.25, -0.2) is 0 Å². The third-order valence-electron chi connectivity index (χ3n) is 7.03. The molecule has 146 valence electrons. The van der Waals surface area contributed by atoms with Gasteiger partial charge >= 0.3 is 0 Å². The molecule has 1 saturated heterocycles. The lowest BCUT2D eigenvalue weighted by atomic mass is 9.60. The first-order valence-corrected chi connectivity index (χ1v) is 10.5. The highest BCUT2D eigenvalue weighted by molar-refractivity contribution is 4.91. The lowest BCUT2D eigenvalue weighted by molar-refractivity contribution is -0.0382. The average molecular weight is 355 g/mol. The minimum absolute atomic E-state index is 0.239. The van der Waals surface area contributed by atoms with Crippen molar-refractivity contribution >= 4 is 0 Å². The van der Waals surface area contributed by atoms with Crippen LogP contribution in [0.2, 0.25) is 0 Å². The summed E-state index contributed by atoms with van der Waals surface area (Å²) in [4.78, 5) is 0. The Hall–Kier alpha value is -0.160. The normalized spacial score (nSPS) is 36.4. The van der Waals surface area contributed by atoms with Crippen molar-refractivity contribution in [2.75, 3.05) is 26.4 Å². The van der Waals surface area contributed by atoms with E-state index in [0.29, 0.717) is 30.3 Å². The van der Waals surface area contributed by atoms with Crippen molar-refractivity contribution in [2.24, 2.45) is 17.3 Å². The van der Waals surface area contributed by atoms with E-state index in [0.717, 1.165) is 31.5 Å². The monoisotopic (exact) mass is 354 g/mol. The molecule has 3 rings (SSSR count). The number of hydrogen-bond donors (Lipinski definition) is 1. The van der Waals surface area contributed by atoms with Crippen LogP contribution in [0.5, 0.6) is 0 Å². The van der Waals surface area contributed by atoms with Gasteiger partial charge in [0.05, 0.1) is 25.4 Å². The maximum atomic E-state index is 8.88. The SMILES string of the molecule is CC(C)(C1CCC(OCCCO)CC1)C1CCC(OCC2CO2)CC1. The Bertz CT molecular complexity index is 377. The quantitative estimate of drug-likeness (QED) is 0.503. The third kappa shape index (κ3) is 5.66. The van der Waals surface area contributed by atoms with Crippen LogP contribution in [0.15, 0.2) is 0 Å². The van der Waals surface area contributed by atoms with Crippen LogP contribution in [0.1, 0.15) is 71.6 Å². The Morgan fingerprint density at radius 1 is 0.880 bits per heavy atom. The molecule has 0 spiro atoms. The van der Waals surface area contributed by atoms with Crippen molar-refractivity contribution in [1.82, 2.24) is 0 Å². The molecule has 3 fully saturated rings. The topological polar surface area (TPSA) is 51.2 Å². The van der Waals surface area contributed by atoms with E-state index in [-0.39, 0.29) is 6.61 Å². The zero-order valence-electron chi connectivity index (χ0n) is 16.3. The van der Waals surface area contributed by atoms with Crippen molar-refractivity contribution in [2.45, 2.75) is 89.9 Å². The summed E-state index contributed by atoms with van der Waals surface area (Å²) in [6, 6.07) is 0. The first kappa shape index (κ1) is 19.6. The molecule has 3 aliphatic rings. The second kappa shape index (κ2) is 9.16. The maximum absolute atomic E-state index is 8.88. The maximum Gasteiger partial charge on any atom is 0.104 e. The van der Waals surface area contributed by atoms with E-state index in [2.05, 4.69) is 13.8 Å². The minimum Gasteiger partial charge on any atom is -0.396 e. The molecule has 2 aliphatic carbocycles. The Labute approximate surface area is 153 Å². The van der Waals surface area contributed by atoms with Gasteiger partial charge in [-0.15, -0.1) is 0 Å². The summed E-state index contributed by atoms with van der Waals surface area (Å²) in [6.45, 7) is 7.67. The van der Waals surface area contributed by atoms with Crippen LogP contribution < -0.4 is 0 Å². The highest BCUT2D eigenvalue weighted by Gasteiger charge is 2.40. The first-order chi connectivity index (χ1) is 12.1. The second-order valence-electron chi connectivity index (χ2n) is 9.01. The molecule has 0 aromatic carbocycles. The largest absolute Gasteiger partial charge is 0.396 e. The Morgan fingerprint density at radius 3 is 1.88 bits per heavy atom. The predicted molar refractivity (Wildman–Crippen MR) is 98.6 cm³/mol. The lowest BCUT2D eigenvalue weighted by Gasteiger charge is -2.46. The van der Waals surface area contributed by atoms with Crippen LogP contribution in [0.3, 0.4) is 0 Å². The van der Waals surface area contributed by atoms with Gasteiger partial charge in [0.2, 0.25) is 0 Å². The standard InChI is InChI=1S/C21H38O4/c1-21(2,16-4-8-18(9-5-16)23-13-3-12-22)17-6-10-19(11-7-17)24-14-20-15-25-20/h16-20,22H,3-15H2,1-2H3. The van der Waals surface area contributed by atoms with Crippen molar-refractivity contribution in [3.8, 4) is 0 Å². The molecule has 1 heterocycles. The van der Waals surface area contributed by atoms with Gasteiger partial charge < -0.3 is 19.3 Å². The van der Waals surface area contributed by atoms with Crippen LogP contribution in [0.25, 0.3) is 0 Å². The van der Waals surface area contributed by atoms with Gasteiger partial charge in [-0.05, 0) is 75.0 Å². The van der Waals surface area contributed by atoms with E-state index >= 15 is 0 Å². The zero-order chi connectivity index (χ0) is 17.7. The van der Waals surface area contributed by atoms with Crippen molar-refractivity contribution in [3.05, 3.63) is 0 Å². The smallest absolute Gasteiger partial charge is 0.104 e. The molecule has 0 aromatic heterocycles. The number of hydrogen-bond acceptors (Lipinski definition) is 4. The van der Waals surface area contributed by atoms with Crippen LogP contribution in [-0.4, -0.2) is 49.8 Å². The summed E-state index contributed by atoms with van der Waals surface area (Å²) >= 11 is 0. The molecule has 1 N–H and O–H groups in total. The fourth-order valence-corrected chi connectivity index (χ4v) is 5.00. The molecule has 25 heavy (non-hydrogen) atoms. The van der Waals surface area contributed by atoms with Gasteiger partial charge in [0.25, 0.3) is 0 Å². The van der Waals surface area contributed by atoms with E-state index in [4.69, 9.17) is 19.3 Å². The third-order valence-corrected chi connectivity index (χ3v) is 7.03. The fourth-order valence-electron chi connectivity index (χ4n) is 5.00. The lowest BCUT2D eigenvalue weighted by Crippen LogP contribution is -2.39. The molecule has 1 atom stereocenters. The molecule has 2 saturated carbocycles. The Balaban J connectivity index is 1.38. The molecular weight excluding hydrogens is 316 g/mol. The molecule has 1 aliphatic heterocycles. The first-order valence-electron chi connectivity index (χ1n) is 10.5. The van der Waals surface area contributed by atoms with Crippen LogP contribution >= 0.6 is 0 Å². The second-order valence-corrected chi connectivity index (χ2v) is 9.01. The van der Waals surface area contributed by atoms with Gasteiger partial charge in [0.1, 0.15) is 6.10 Å². The molecule has 4 nitrogen and oxygen atoms in total. The Kier molecular flexibility index (Phi) is 7.18. The summed E-state index contributed by atoms with van der Waals surface area (Å²) in [6.07, 6.45) is 12.1. The van der Waals surface area contributed by atoms with E-state index in [1.54, 1.807) is 0 Å². The average Bonchev–Trinajstić information content (AvgIpc) is 3.45. The van der Waals surface area contributed by atoms with E-state index in [1.807, 2.05) is 0 Å². The molecule has 0 amide bonds. The minimum atomic E-state index is 0.239. The van der Waals surface area contributed by atoms with Crippen LogP contribution in [-0.2, 0) is 14.2 Å². The predicted octanol–water partition coefficient (Wildman–Crippen LogP) is 3.94. The van der Waals surface area contributed by atoms with Crippen molar-refractivity contribution in [3.63, 3.8) is 0 Å². The van der Waals surface area contributed by atoms with Crippen molar-refractivity contribution < 1.29 is 19.3 Å². The number of aliphatic hydroxyl groups excluding tert-OH is 1. The van der Waals surface area contributed by atoms with E-state index in [1.165, 1.54) is 51.4 Å². The van der Waals surface area contributed by atoms with Gasteiger partial charge in [-0.3, -0.25) is 0 Å². The van der Waals surface area contributed by atoms with Crippen molar-refractivity contribution in [1.29, 1.82) is 0 Å². The molecule has 4 heteroatoms. The molecule has 1 unspecified atom stereocenters. The van der Waals surface area contributed by atoms with Gasteiger partial charge in [-0.1, -0.05) is 13.8 Å². The molecule has 0 aromatic rings. The highest BCUT2D eigenvalue weighted by atomic mass is 16.6. The molecular formula is C21H38O4. The van der Waals surface area contributed by atoms with Crippen LogP contribution in [0.4, 0.5) is 0 Å². The van der Waals surface area contributed by atoms with Crippen LogP contribution in [0, 0.1) is 17.3 Å². The molecule has 0 radical (unpaired) electrons. The summed E-state index contributed by atoms with van der Waals surface area (Å²) in [5.41, 5.74) is 0.431. The van der Waals surface area contributed by atoms with E-state index in [9.17, 15) is 0 Å². The Morgan fingerprint density at radius 2 is 1.40 bits per heavy atom. The summed E-state index contributed by atoms with van der Waals surface area (Å²) in [5, 5.41) is 8.88. The number of epoxide rings is 1. The zero-order valence-corrected chi connectivity index (χ0v) is 16.3. The number of ether oxygens (including phenoxy) is 3. The van der Waals surface area contributed by atoms with Gasteiger partial charge in [0, 0.05) is 13.2 Å². The van der Waals surface area contributed by atoms with Gasteiger partial charge in [-0.2, -0.15) is 0 Å². The number of aliphatic hydroxyl groups is 1. The fraction of sp³-hybridized carbons (Fsp3) is 1.00. The highest BCUT2D eigenvalue weighted by Crippen LogP contribution is 2.48. The van der Waals surface area contributed by atoms with Gasteiger partial charge in [0.15, 0.2) is 0 Å². The number of rotatable bonds is 9. The molecule has 0 bridgehead atoms. The van der Waals surface area contributed by atoms with E-state index < -0.39 is 0 Å².